The number of carbonyl (C=O) groups is 1. The van der Waals surface area contributed by atoms with E-state index < -0.39 is 0 Å². The molecule has 0 spiro atoms. The normalized spacial score (nSPS) is 19.6. The first-order valence-corrected chi connectivity index (χ1v) is 8.41. The zero-order chi connectivity index (χ0) is 16.4. The molecule has 1 amide bonds. The van der Waals surface area contributed by atoms with E-state index in [0.717, 1.165) is 30.3 Å². The maximum atomic E-state index is 12.7. The third-order valence-corrected chi connectivity index (χ3v) is 4.64. The van der Waals surface area contributed by atoms with Crippen molar-refractivity contribution in [3.63, 3.8) is 0 Å². The molecule has 2 atom stereocenters. The molecule has 2 unspecified atom stereocenters. The Morgan fingerprint density at radius 3 is 3.00 bits per heavy atom. The van der Waals surface area contributed by atoms with Gasteiger partial charge in [0.25, 0.3) is 0 Å². The number of halogens is 1. The summed E-state index contributed by atoms with van der Waals surface area (Å²) < 4.78 is 0. The highest BCUT2D eigenvalue weighted by Crippen LogP contribution is 2.24. The van der Waals surface area contributed by atoms with Crippen molar-refractivity contribution in [1.82, 2.24) is 14.9 Å². The fraction of sp³-hybridized carbons (Fsp3) is 0.471. The third-order valence-electron chi connectivity index (χ3n) is 4.41. The summed E-state index contributed by atoms with van der Waals surface area (Å²) in [7, 11) is 0. The first-order chi connectivity index (χ1) is 11.1. The summed E-state index contributed by atoms with van der Waals surface area (Å²) in [4.78, 5) is 23.2. The molecule has 0 saturated carbocycles. The number of benzene rings is 1. The highest BCUT2D eigenvalue weighted by Gasteiger charge is 2.27. The Balaban J connectivity index is 1.80. The molecule has 1 fully saturated rings. The number of hydrogen-bond acceptors (Lipinski definition) is 4. The molecule has 122 valence electrons. The number of nitrogens with one attached hydrogen (secondary N) is 1. The van der Waals surface area contributed by atoms with E-state index in [2.05, 4.69) is 22.2 Å². The molecule has 0 aliphatic carbocycles. The van der Waals surface area contributed by atoms with Crippen LogP contribution in [0.2, 0.25) is 5.02 Å². The van der Waals surface area contributed by atoms with E-state index in [1.54, 1.807) is 12.1 Å². The number of likely N-dealkylation sites (tertiary alicyclic amines) is 1. The van der Waals surface area contributed by atoms with Gasteiger partial charge in [0, 0.05) is 23.0 Å². The fourth-order valence-electron chi connectivity index (χ4n) is 3.09. The molecule has 1 aromatic heterocycles. The van der Waals surface area contributed by atoms with Crippen LogP contribution in [-0.4, -0.2) is 39.4 Å². The minimum Gasteiger partial charge on any atom is -0.358 e. The minimum absolute atomic E-state index is 0.123. The summed E-state index contributed by atoms with van der Waals surface area (Å²) in [5.41, 5.74) is 0.765. The molecule has 1 aliphatic heterocycles. The lowest BCUT2D eigenvalue weighted by Crippen LogP contribution is -2.48. The van der Waals surface area contributed by atoms with E-state index in [4.69, 9.17) is 11.6 Å². The van der Waals surface area contributed by atoms with Crippen molar-refractivity contribution in [2.75, 3.05) is 11.9 Å². The molecule has 1 aliphatic rings. The van der Waals surface area contributed by atoms with Gasteiger partial charge in [-0.05, 0) is 51.3 Å². The molecule has 3 rings (SSSR count). The molecular formula is C17H21ClN4O. The largest absolute Gasteiger partial charge is 0.358 e. The van der Waals surface area contributed by atoms with Crippen molar-refractivity contribution >= 4 is 34.2 Å². The van der Waals surface area contributed by atoms with Crippen molar-refractivity contribution in [3.8, 4) is 0 Å². The number of amides is 1. The van der Waals surface area contributed by atoms with E-state index in [1.807, 2.05) is 17.9 Å². The molecule has 1 saturated heterocycles. The van der Waals surface area contributed by atoms with Gasteiger partial charge in [0.2, 0.25) is 5.91 Å². The number of aromatic nitrogens is 2. The van der Waals surface area contributed by atoms with Crippen molar-refractivity contribution in [2.24, 2.45) is 0 Å². The topological polar surface area (TPSA) is 58.1 Å². The van der Waals surface area contributed by atoms with Gasteiger partial charge in [-0.25, -0.2) is 9.97 Å². The highest BCUT2D eigenvalue weighted by molar-refractivity contribution is 6.31. The van der Waals surface area contributed by atoms with Gasteiger partial charge in [-0.3, -0.25) is 4.79 Å². The monoisotopic (exact) mass is 332 g/mol. The van der Waals surface area contributed by atoms with Crippen molar-refractivity contribution in [1.29, 1.82) is 0 Å². The van der Waals surface area contributed by atoms with E-state index in [0.29, 0.717) is 16.9 Å². The second kappa shape index (κ2) is 6.71. The summed E-state index contributed by atoms with van der Waals surface area (Å²) in [5, 5.41) is 4.73. The zero-order valence-corrected chi connectivity index (χ0v) is 14.2. The number of fused-ring (bicyclic) bond motifs is 1. The molecule has 6 heteroatoms. The molecule has 23 heavy (non-hydrogen) atoms. The van der Waals surface area contributed by atoms with Gasteiger partial charge in [0.1, 0.15) is 18.2 Å². The SMILES string of the molecule is CC(Nc1ncnc2cc(Cl)ccc12)C(=O)N1CCCCC1C. The Bertz CT molecular complexity index is 721. The van der Waals surface area contributed by atoms with Crippen LogP contribution in [0.15, 0.2) is 24.5 Å². The number of carbonyl (C=O) groups excluding carboxylic acids is 1. The van der Waals surface area contributed by atoms with Crippen LogP contribution in [0, 0.1) is 0 Å². The van der Waals surface area contributed by atoms with Crippen LogP contribution in [0.5, 0.6) is 0 Å². The van der Waals surface area contributed by atoms with Gasteiger partial charge >= 0.3 is 0 Å². The van der Waals surface area contributed by atoms with Crippen LogP contribution in [0.3, 0.4) is 0 Å². The molecule has 2 aromatic rings. The minimum atomic E-state index is -0.329. The summed E-state index contributed by atoms with van der Waals surface area (Å²) in [5.74, 6) is 0.787. The number of nitrogens with zero attached hydrogens (tertiary/aromatic N) is 3. The van der Waals surface area contributed by atoms with Crippen LogP contribution in [0.25, 0.3) is 10.9 Å². The molecule has 1 N–H and O–H groups in total. The summed E-state index contributed by atoms with van der Waals surface area (Å²) in [6.45, 7) is 4.84. The van der Waals surface area contributed by atoms with Crippen LogP contribution < -0.4 is 5.32 Å². The van der Waals surface area contributed by atoms with Gasteiger partial charge in [-0.15, -0.1) is 0 Å². The molecule has 1 aromatic carbocycles. The standard InChI is InChI=1S/C17H21ClN4O/c1-11-5-3-4-8-22(11)17(23)12(2)21-16-14-7-6-13(18)9-15(14)19-10-20-16/h6-7,9-12H,3-5,8H2,1-2H3,(H,19,20,21). The van der Waals surface area contributed by atoms with E-state index in [9.17, 15) is 4.79 Å². The van der Waals surface area contributed by atoms with Gasteiger partial charge < -0.3 is 10.2 Å². The fourth-order valence-corrected chi connectivity index (χ4v) is 3.25. The first-order valence-electron chi connectivity index (χ1n) is 8.03. The summed E-state index contributed by atoms with van der Waals surface area (Å²) in [6, 6.07) is 5.45. The zero-order valence-electron chi connectivity index (χ0n) is 13.4. The maximum absolute atomic E-state index is 12.7. The Morgan fingerprint density at radius 2 is 2.22 bits per heavy atom. The van der Waals surface area contributed by atoms with Crippen LogP contribution in [0.1, 0.15) is 33.1 Å². The van der Waals surface area contributed by atoms with Gasteiger partial charge in [-0.2, -0.15) is 0 Å². The number of anilines is 1. The predicted octanol–water partition coefficient (Wildman–Crippen LogP) is 3.48. The van der Waals surface area contributed by atoms with E-state index in [-0.39, 0.29) is 11.9 Å². The smallest absolute Gasteiger partial charge is 0.245 e. The molecular weight excluding hydrogens is 312 g/mol. The third kappa shape index (κ3) is 3.39. The Morgan fingerprint density at radius 1 is 1.39 bits per heavy atom. The van der Waals surface area contributed by atoms with Crippen LogP contribution in [0.4, 0.5) is 5.82 Å². The number of rotatable bonds is 3. The van der Waals surface area contributed by atoms with Crippen molar-refractivity contribution in [2.45, 2.75) is 45.2 Å². The molecule has 0 radical (unpaired) electrons. The van der Waals surface area contributed by atoms with E-state index in [1.165, 1.54) is 12.7 Å². The van der Waals surface area contributed by atoms with Crippen LogP contribution in [-0.2, 0) is 4.79 Å². The highest BCUT2D eigenvalue weighted by atomic mass is 35.5. The van der Waals surface area contributed by atoms with Crippen LogP contribution >= 0.6 is 11.6 Å². The van der Waals surface area contributed by atoms with Gasteiger partial charge in [0.15, 0.2) is 0 Å². The van der Waals surface area contributed by atoms with E-state index >= 15 is 0 Å². The number of hydrogen-bond donors (Lipinski definition) is 1. The molecule has 0 bridgehead atoms. The lowest BCUT2D eigenvalue weighted by Gasteiger charge is -2.35. The maximum Gasteiger partial charge on any atom is 0.245 e. The lowest BCUT2D eigenvalue weighted by atomic mass is 10.0. The second-order valence-corrected chi connectivity index (χ2v) is 6.56. The van der Waals surface area contributed by atoms with Gasteiger partial charge in [-0.1, -0.05) is 11.6 Å². The summed E-state index contributed by atoms with van der Waals surface area (Å²) >= 11 is 6.00. The Hall–Kier alpha value is -1.88. The van der Waals surface area contributed by atoms with Crippen molar-refractivity contribution < 1.29 is 4.79 Å². The quantitative estimate of drug-likeness (QED) is 0.934. The van der Waals surface area contributed by atoms with Crippen molar-refractivity contribution in [3.05, 3.63) is 29.5 Å². The Kier molecular flexibility index (Phi) is 4.66. The Labute approximate surface area is 141 Å². The molecule has 2 heterocycles. The average molecular weight is 333 g/mol. The predicted molar refractivity (Wildman–Crippen MR) is 92.7 cm³/mol. The number of piperidine rings is 1. The lowest BCUT2D eigenvalue weighted by molar-refractivity contribution is -0.134. The molecule has 5 nitrogen and oxygen atoms in total. The van der Waals surface area contributed by atoms with Gasteiger partial charge in [0.05, 0.1) is 5.52 Å². The first kappa shape index (κ1) is 16.0. The average Bonchev–Trinajstić information content (AvgIpc) is 2.54. The summed E-state index contributed by atoms with van der Waals surface area (Å²) in [6.07, 6.45) is 4.84. The second-order valence-electron chi connectivity index (χ2n) is 6.13.